The second kappa shape index (κ2) is 5.05. The van der Waals surface area contributed by atoms with Crippen LogP contribution in [0.1, 0.15) is 13.3 Å². The fourth-order valence-electron chi connectivity index (χ4n) is 0.291. The zero-order valence-corrected chi connectivity index (χ0v) is 8.01. The summed E-state index contributed by atoms with van der Waals surface area (Å²) in [7, 11) is 0. The van der Waals surface area contributed by atoms with E-state index in [0.717, 1.165) is 17.8 Å². The van der Waals surface area contributed by atoms with E-state index in [4.69, 9.17) is 4.89 Å². The fourth-order valence-corrected chi connectivity index (χ4v) is 2.92. The number of hydrogen-bond acceptors (Lipinski definition) is 3. The third kappa shape index (κ3) is 5.15. The first kappa shape index (κ1) is 10.3. The molecule has 6 heteroatoms. The Labute approximate surface area is 69.2 Å². The highest BCUT2D eigenvalue weighted by Gasteiger charge is 2.14. The summed E-state index contributed by atoms with van der Waals surface area (Å²) in [5, 5.41) is 1.89. The lowest BCUT2D eigenvalue weighted by molar-refractivity contribution is 0.499. The quantitative estimate of drug-likeness (QED) is 0.427. The van der Waals surface area contributed by atoms with Crippen LogP contribution in [-0.4, -0.2) is 15.8 Å². The van der Waals surface area contributed by atoms with E-state index in [1.54, 1.807) is 0 Å². The van der Waals surface area contributed by atoms with E-state index in [0.29, 0.717) is 5.75 Å². The largest absolute Gasteiger partial charge is 0.377 e. The summed E-state index contributed by atoms with van der Waals surface area (Å²) < 4.78 is 13.9. The summed E-state index contributed by atoms with van der Waals surface area (Å²) in [5.74, 6) is 0.619. The molecule has 0 aliphatic carbocycles. The highest BCUT2D eigenvalue weighted by Crippen LogP contribution is 2.55. The lowest BCUT2D eigenvalue weighted by Crippen LogP contribution is -1.73. The Balaban J connectivity index is 3.87. The Morgan fingerprint density at radius 1 is 1.90 bits per heavy atom. The maximum absolute atomic E-state index is 10.8. The summed E-state index contributed by atoms with van der Waals surface area (Å²) in [5.41, 5.74) is 0. The van der Waals surface area contributed by atoms with Gasteiger partial charge in [0.15, 0.2) is 0 Å². The molecule has 0 bridgehead atoms. The van der Waals surface area contributed by atoms with E-state index in [2.05, 4.69) is 17.0 Å². The smallest absolute Gasteiger partial charge is 0.320 e. The fraction of sp³-hybridized carbons (Fsp3) is 0.750. The third-order valence-corrected chi connectivity index (χ3v) is 3.94. The van der Waals surface area contributed by atoms with Crippen molar-refractivity contribution in [2.45, 2.75) is 13.3 Å². The Bertz CT molecular complexity index is 190. The zero-order valence-electron chi connectivity index (χ0n) is 5.48. The molecule has 1 unspecified atom stereocenters. The van der Waals surface area contributed by atoms with E-state index >= 15 is 0 Å². The number of nitrogens with zero attached hydrogens (tertiary/aromatic N) is 1. The molecule has 0 aliphatic rings. The lowest BCUT2D eigenvalue weighted by Gasteiger charge is -1.99. The molecule has 0 heterocycles. The van der Waals surface area contributed by atoms with Crippen molar-refractivity contribution in [3.63, 3.8) is 0 Å². The van der Waals surface area contributed by atoms with Crippen LogP contribution in [0, 0.1) is 0 Å². The predicted octanol–water partition coefficient (Wildman–Crippen LogP) is 2.33. The van der Waals surface area contributed by atoms with Crippen LogP contribution in [0.4, 0.5) is 0 Å². The maximum atomic E-state index is 10.8. The Morgan fingerprint density at radius 3 is 2.90 bits per heavy atom. The van der Waals surface area contributed by atoms with Gasteiger partial charge in [-0.25, -0.2) is 0 Å². The van der Waals surface area contributed by atoms with Gasteiger partial charge in [-0.15, -0.1) is 4.76 Å². The number of hydrogen-bond donors (Lipinski definition) is 1. The minimum Gasteiger partial charge on any atom is -0.320 e. The molecule has 0 fully saturated rings. The van der Waals surface area contributed by atoms with Gasteiger partial charge < -0.3 is 4.89 Å². The lowest BCUT2D eigenvalue weighted by atomic mass is 10.6. The van der Waals surface area contributed by atoms with Crippen LogP contribution in [-0.2, 0) is 4.57 Å². The van der Waals surface area contributed by atoms with Crippen molar-refractivity contribution < 1.29 is 9.46 Å². The Kier molecular flexibility index (Phi) is 5.22. The summed E-state index contributed by atoms with van der Waals surface area (Å²) in [6, 6.07) is 0. The first-order chi connectivity index (χ1) is 4.62. The second-order valence-electron chi connectivity index (χ2n) is 1.52. The molecule has 0 saturated heterocycles. The molecule has 0 aromatic rings. The molecule has 3 nitrogen and oxygen atoms in total. The highest BCUT2D eigenvalue weighted by atomic mass is 32.7. The molecule has 0 saturated carbocycles. The first-order valence-corrected chi connectivity index (χ1v) is 6.30. The topological polar surface area (TPSA) is 49.7 Å². The summed E-state index contributed by atoms with van der Waals surface area (Å²) >= 11 is 5.11. The van der Waals surface area contributed by atoms with Crippen molar-refractivity contribution in [2.24, 2.45) is 4.76 Å². The standard InChI is InChI=1S/C4H8NO2PS2/c1-2-3-10-8(6,7)5-4-9/h2-3H2,1H3,(H,6,7). The van der Waals surface area contributed by atoms with Crippen molar-refractivity contribution in [1.82, 2.24) is 0 Å². The van der Waals surface area contributed by atoms with Gasteiger partial charge in [-0.2, -0.15) is 0 Å². The minimum absolute atomic E-state index is 0.619. The van der Waals surface area contributed by atoms with Gasteiger partial charge in [0.1, 0.15) is 0 Å². The molecular formula is C4H8NO2PS2. The van der Waals surface area contributed by atoms with Gasteiger partial charge in [-0.3, -0.25) is 4.57 Å². The van der Waals surface area contributed by atoms with Gasteiger partial charge >= 0.3 is 6.72 Å². The minimum atomic E-state index is -3.38. The average molecular weight is 197 g/mol. The Hall–Kier alpha value is 0.340. The molecule has 1 N–H and O–H groups in total. The van der Waals surface area contributed by atoms with E-state index < -0.39 is 6.72 Å². The molecule has 0 aromatic heterocycles. The van der Waals surface area contributed by atoms with E-state index in [9.17, 15) is 4.57 Å². The zero-order chi connectivity index (χ0) is 8.04. The molecule has 0 aliphatic heterocycles. The summed E-state index contributed by atoms with van der Waals surface area (Å²) in [6.07, 6.45) is 0.849. The van der Waals surface area contributed by atoms with Crippen LogP contribution in [0.2, 0.25) is 0 Å². The molecular weight excluding hydrogens is 189 g/mol. The van der Waals surface area contributed by atoms with Crippen LogP contribution in [0.15, 0.2) is 4.76 Å². The van der Waals surface area contributed by atoms with Crippen molar-refractivity contribution in [1.29, 1.82) is 0 Å². The van der Waals surface area contributed by atoms with Crippen molar-refractivity contribution in [3.8, 4) is 0 Å². The van der Waals surface area contributed by atoms with Crippen LogP contribution in [0.3, 0.4) is 0 Å². The maximum Gasteiger partial charge on any atom is 0.377 e. The van der Waals surface area contributed by atoms with Gasteiger partial charge in [0.05, 0.1) is 5.16 Å². The molecule has 0 spiro atoms. The third-order valence-electron chi connectivity index (χ3n) is 0.631. The van der Waals surface area contributed by atoms with E-state index in [-0.39, 0.29) is 0 Å². The SMILES string of the molecule is CCCSP(=O)(O)N=C=S. The molecule has 0 aromatic carbocycles. The first-order valence-electron chi connectivity index (χ1n) is 2.69. The molecule has 58 valence electrons. The van der Waals surface area contributed by atoms with Crippen molar-refractivity contribution in [3.05, 3.63) is 0 Å². The summed E-state index contributed by atoms with van der Waals surface area (Å²) in [6.45, 7) is -1.46. The van der Waals surface area contributed by atoms with Crippen molar-refractivity contribution in [2.75, 3.05) is 5.75 Å². The molecule has 10 heavy (non-hydrogen) atoms. The second-order valence-corrected chi connectivity index (χ2v) is 5.75. The van der Waals surface area contributed by atoms with Crippen LogP contribution >= 0.6 is 30.3 Å². The number of isothiocyanates is 1. The van der Waals surface area contributed by atoms with E-state index in [1.807, 2.05) is 12.1 Å². The van der Waals surface area contributed by atoms with Crippen LogP contribution in [0.5, 0.6) is 0 Å². The number of rotatable bonds is 4. The van der Waals surface area contributed by atoms with Gasteiger partial charge in [0.25, 0.3) is 0 Å². The predicted molar refractivity (Wildman–Crippen MR) is 47.6 cm³/mol. The van der Waals surface area contributed by atoms with Gasteiger partial charge in [0, 0.05) is 5.75 Å². The van der Waals surface area contributed by atoms with Crippen LogP contribution in [0.25, 0.3) is 0 Å². The van der Waals surface area contributed by atoms with Gasteiger partial charge in [0.2, 0.25) is 0 Å². The van der Waals surface area contributed by atoms with Gasteiger partial charge in [-0.1, -0.05) is 6.92 Å². The van der Waals surface area contributed by atoms with Gasteiger partial charge in [-0.05, 0) is 30.0 Å². The van der Waals surface area contributed by atoms with E-state index in [1.165, 1.54) is 0 Å². The van der Waals surface area contributed by atoms with Crippen molar-refractivity contribution >= 4 is 35.5 Å². The summed E-state index contributed by atoms with van der Waals surface area (Å²) in [4.78, 5) is 8.87. The monoisotopic (exact) mass is 197 g/mol. The Morgan fingerprint density at radius 2 is 2.50 bits per heavy atom. The molecule has 1 atom stereocenters. The van der Waals surface area contributed by atoms with Crippen LogP contribution < -0.4 is 0 Å². The molecule has 0 radical (unpaired) electrons. The average Bonchev–Trinajstić information content (AvgIpc) is 1.84. The normalized spacial score (nSPS) is 15.4. The highest BCUT2D eigenvalue weighted by molar-refractivity contribution is 8.55. The molecule has 0 rings (SSSR count). The molecule has 0 amide bonds. The number of thiocarbonyl (C=S) groups is 1.